The van der Waals surface area contributed by atoms with Crippen LogP contribution in [0, 0.1) is 5.82 Å². The minimum atomic E-state index is -0.197. The largest absolute Gasteiger partial charge is 0.497 e. The summed E-state index contributed by atoms with van der Waals surface area (Å²) in [5.74, 6) is 0.676. The summed E-state index contributed by atoms with van der Waals surface area (Å²) in [6.45, 7) is 4.51. The molecule has 0 amide bonds. The van der Waals surface area contributed by atoms with Crippen molar-refractivity contribution in [2.45, 2.75) is 6.54 Å². The molecular formula is C21H22FN3O. The van der Waals surface area contributed by atoms with E-state index in [1.165, 1.54) is 5.69 Å². The van der Waals surface area contributed by atoms with Gasteiger partial charge in [-0.05, 0) is 48.0 Å². The summed E-state index contributed by atoms with van der Waals surface area (Å²) in [6, 6.07) is 15.1. The van der Waals surface area contributed by atoms with Crippen LogP contribution in [0.4, 0.5) is 10.1 Å². The first-order chi connectivity index (χ1) is 12.7. The summed E-state index contributed by atoms with van der Waals surface area (Å²) in [4.78, 5) is 9.19. The average molecular weight is 351 g/mol. The Morgan fingerprint density at radius 3 is 2.54 bits per heavy atom. The highest BCUT2D eigenvalue weighted by atomic mass is 19.1. The summed E-state index contributed by atoms with van der Waals surface area (Å²) in [7, 11) is 1.68. The number of aromatic nitrogens is 1. The van der Waals surface area contributed by atoms with Crippen LogP contribution < -0.4 is 9.64 Å². The number of hydrogen-bond acceptors (Lipinski definition) is 4. The van der Waals surface area contributed by atoms with E-state index >= 15 is 0 Å². The number of pyridine rings is 1. The van der Waals surface area contributed by atoms with Crippen LogP contribution in [0.15, 0.2) is 54.7 Å². The van der Waals surface area contributed by atoms with Gasteiger partial charge in [0, 0.05) is 50.0 Å². The van der Waals surface area contributed by atoms with Gasteiger partial charge in [0.05, 0.1) is 12.6 Å². The number of piperazine rings is 1. The van der Waals surface area contributed by atoms with Gasteiger partial charge in [0.15, 0.2) is 0 Å². The third-order valence-corrected chi connectivity index (χ3v) is 4.95. The zero-order valence-corrected chi connectivity index (χ0v) is 14.9. The number of fused-ring (bicyclic) bond motifs is 1. The first-order valence-electron chi connectivity index (χ1n) is 8.87. The fourth-order valence-electron chi connectivity index (χ4n) is 3.55. The zero-order valence-electron chi connectivity index (χ0n) is 14.9. The Hall–Kier alpha value is -2.66. The third kappa shape index (κ3) is 3.48. The van der Waals surface area contributed by atoms with E-state index < -0.39 is 0 Å². The second-order valence-corrected chi connectivity index (χ2v) is 6.60. The summed E-state index contributed by atoms with van der Waals surface area (Å²) < 4.78 is 19.2. The van der Waals surface area contributed by atoms with Gasteiger partial charge in [0.2, 0.25) is 0 Å². The SMILES string of the molecule is COc1ccc(N2CCN(Cc3cc(F)cc4cccnc34)CC2)cc1. The highest BCUT2D eigenvalue weighted by Crippen LogP contribution is 2.23. The van der Waals surface area contributed by atoms with Gasteiger partial charge in [-0.25, -0.2) is 4.39 Å². The number of rotatable bonds is 4. The highest BCUT2D eigenvalue weighted by Gasteiger charge is 2.18. The van der Waals surface area contributed by atoms with Gasteiger partial charge >= 0.3 is 0 Å². The molecule has 1 aliphatic rings. The molecule has 0 unspecified atom stereocenters. The molecule has 5 heteroatoms. The van der Waals surface area contributed by atoms with Crippen molar-refractivity contribution >= 4 is 16.6 Å². The molecule has 0 atom stereocenters. The van der Waals surface area contributed by atoms with Crippen molar-refractivity contribution in [3.05, 3.63) is 66.1 Å². The quantitative estimate of drug-likeness (QED) is 0.717. The number of benzene rings is 2. The molecule has 0 radical (unpaired) electrons. The maximum atomic E-state index is 13.9. The molecule has 0 spiro atoms. The van der Waals surface area contributed by atoms with Crippen molar-refractivity contribution in [2.75, 3.05) is 38.2 Å². The molecule has 4 rings (SSSR count). The Balaban J connectivity index is 1.44. The lowest BCUT2D eigenvalue weighted by Gasteiger charge is -2.36. The van der Waals surface area contributed by atoms with E-state index in [9.17, 15) is 4.39 Å². The van der Waals surface area contributed by atoms with Gasteiger partial charge in [-0.15, -0.1) is 0 Å². The first-order valence-corrected chi connectivity index (χ1v) is 8.87. The second kappa shape index (κ2) is 7.30. The van der Waals surface area contributed by atoms with Crippen LogP contribution in [0.25, 0.3) is 10.9 Å². The Morgan fingerprint density at radius 1 is 1.04 bits per heavy atom. The molecule has 2 heterocycles. The number of halogens is 1. The normalized spacial score (nSPS) is 15.4. The molecule has 0 bridgehead atoms. The molecule has 3 aromatic rings. The highest BCUT2D eigenvalue weighted by molar-refractivity contribution is 5.81. The van der Waals surface area contributed by atoms with Gasteiger partial charge in [0.1, 0.15) is 11.6 Å². The van der Waals surface area contributed by atoms with Gasteiger partial charge in [-0.3, -0.25) is 9.88 Å². The van der Waals surface area contributed by atoms with E-state index in [1.54, 1.807) is 25.4 Å². The van der Waals surface area contributed by atoms with Crippen LogP contribution in [0.3, 0.4) is 0 Å². The van der Waals surface area contributed by atoms with Gasteiger partial charge in [-0.2, -0.15) is 0 Å². The monoisotopic (exact) mass is 351 g/mol. The standard InChI is InChI=1S/C21H22FN3O/c1-26-20-6-4-19(5-7-20)25-11-9-24(10-12-25)15-17-14-18(22)13-16-3-2-8-23-21(16)17/h2-8,13-14H,9-12,15H2,1H3. The summed E-state index contributed by atoms with van der Waals surface area (Å²) in [5, 5.41) is 0.861. The molecule has 2 aromatic carbocycles. The van der Waals surface area contributed by atoms with Crippen LogP contribution in [0.5, 0.6) is 5.75 Å². The lowest BCUT2D eigenvalue weighted by Crippen LogP contribution is -2.46. The molecule has 134 valence electrons. The topological polar surface area (TPSA) is 28.6 Å². The van der Waals surface area contributed by atoms with Crippen LogP contribution in [0.2, 0.25) is 0 Å². The Morgan fingerprint density at radius 2 is 1.81 bits per heavy atom. The van der Waals surface area contributed by atoms with Gasteiger partial charge in [-0.1, -0.05) is 6.07 Å². The number of ether oxygens (including phenoxy) is 1. The molecule has 0 N–H and O–H groups in total. The molecule has 1 fully saturated rings. The lowest BCUT2D eigenvalue weighted by molar-refractivity contribution is 0.250. The minimum Gasteiger partial charge on any atom is -0.497 e. The van der Waals surface area contributed by atoms with Crippen molar-refractivity contribution in [1.29, 1.82) is 0 Å². The van der Waals surface area contributed by atoms with E-state index in [2.05, 4.69) is 26.9 Å². The van der Waals surface area contributed by atoms with Crippen molar-refractivity contribution < 1.29 is 9.13 Å². The van der Waals surface area contributed by atoms with Crippen LogP contribution in [-0.2, 0) is 6.54 Å². The maximum absolute atomic E-state index is 13.9. The maximum Gasteiger partial charge on any atom is 0.124 e. The van der Waals surface area contributed by atoms with Crippen molar-refractivity contribution in [3.8, 4) is 5.75 Å². The molecule has 0 aliphatic carbocycles. The smallest absolute Gasteiger partial charge is 0.124 e. The predicted octanol–water partition coefficient (Wildman–Crippen LogP) is 3.70. The van der Waals surface area contributed by atoms with E-state index in [0.717, 1.165) is 54.9 Å². The molecule has 1 saturated heterocycles. The Kier molecular flexibility index (Phi) is 4.71. The van der Waals surface area contributed by atoms with Crippen molar-refractivity contribution in [1.82, 2.24) is 9.88 Å². The fraction of sp³-hybridized carbons (Fsp3) is 0.286. The van der Waals surface area contributed by atoms with Crippen LogP contribution in [-0.4, -0.2) is 43.2 Å². The predicted molar refractivity (Wildman–Crippen MR) is 102 cm³/mol. The first kappa shape index (κ1) is 16.8. The Labute approximate surface area is 152 Å². The fourth-order valence-corrected chi connectivity index (χ4v) is 3.55. The van der Waals surface area contributed by atoms with E-state index in [1.807, 2.05) is 24.3 Å². The summed E-state index contributed by atoms with van der Waals surface area (Å²) >= 11 is 0. The molecule has 26 heavy (non-hydrogen) atoms. The van der Waals surface area contributed by atoms with E-state index in [0.29, 0.717) is 0 Å². The van der Waals surface area contributed by atoms with E-state index in [4.69, 9.17) is 4.74 Å². The van der Waals surface area contributed by atoms with Gasteiger partial charge in [0.25, 0.3) is 0 Å². The van der Waals surface area contributed by atoms with Crippen LogP contribution in [0.1, 0.15) is 5.56 Å². The van der Waals surface area contributed by atoms with Crippen molar-refractivity contribution in [3.63, 3.8) is 0 Å². The molecule has 1 aliphatic heterocycles. The van der Waals surface area contributed by atoms with Crippen LogP contribution >= 0.6 is 0 Å². The number of hydrogen-bond donors (Lipinski definition) is 0. The van der Waals surface area contributed by atoms with E-state index in [-0.39, 0.29) is 5.82 Å². The average Bonchev–Trinajstić information content (AvgIpc) is 2.68. The van der Waals surface area contributed by atoms with Crippen molar-refractivity contribution in [2.24, 2.45) is 0 Å². The molecular weight excluding hydrogens is 329 g/mol. The second-order valence-electron chi connectivity index (χ2n) is 6.60. The number of nitrogens with zero attached hydrogens (tertiary/aromatic N) is 3. The molecule has 0 saturated carbocycles. The van der Waals surface area contributed by atoms with Gasteiger partial charge < -0.3 is 9.64 Å². The number of methoxy groups -OCH3 is 1. The molecule has 4 nitrogen and oxygen atoms in total. The molecule has 1 aromatic heterocycles. The number of anilines is 1. The third-order valence-electron chi connectivity index (χ3n) is 4.95. The summed E-state index contributed by atoms with van der Waals surface area (Å²) in [5.41, 5.74) is 3.06. The summed E-state index contributed by atoms with van der Waals surface area (Å²) in [6.07, 6.45) is 1.77. The minimum absolute atomic E-state index is 0.197. The lowest BCUT2D eigenvalue weighted by atomic mass is 10.1. The zero-order chi connectivity index (χ0) is 17.9. The Bertz CT molecular complexity index is 889.